The number of halogens is 1. The second-order valence-electron chi connectivity index (χ2n) is 6.59. The Morgan fingerprint density at radius 2 is 2.04 bits per heavy atom. The van der Waals surface area contributed by atoms with E-state index in [1.54, 1.807) is 13.1 Å². The zero-order chi connectivity index (χ0) is 18.4. The van der Waals surface area contributed by atoms with Crippen LogP contribution in [0.2, 0.25) is 0 Å². The SMILES string of the molecule is C=CC(C)(C)OCCCC(C)(C(=O)N(C)OC)c1cccc(I)c1. The molecule has 0 saturated heterocycles. The molecular formula is C19H28INO3. The van der Waals surface area contributed by atoms with E-state index in [1.807, 2.05) is 39.0 Å². The minimum atomic E-state index is -0.659. The first-order valence-electron chi connectivity index (χ1n) is 8.02. The minimum Gasteiger partial charge on any atom is -0.372 e. The molecule has 0 aromatic heterocycles. The van der Waals surface area contributed by atoms with Crippen LogP contribution in [-0.4, -0.2) is 37.3 Å². The molecule has 4 nitrogen and oxygen atoms in total. The summed E-state index contributed by atoms with van der Waals surface area (Å²) in [5, 5.41) is 1.30. The normalized spacial score (nSPS) is 14.1. The molecule has 0 fully saturated rings. The average molecular weight is 445 g/mol. The monoisotopic (exact) mass is 445 g/mol. The highest BCUT2D eigenvalue weighted by Crippen LogP contribution is 2.32. The summed E-state index contributed by atoms with van der Waals surface area (Å²) in [6, 6.07) is 8.05. The molecule has 0 saturated carbocycles. The molecule has 0 aliphatic heterocycles. The lowest BCUT2D eigenvalue weighted by Crippen LogP contribution is -2.43. The summed E-state index contributed by atoms with van der Waals surface area (Å²) in [6.45, 7) is 10.3. The molecule has 1 rings (SSSR count). The molecule has 0 aliphatic rings. The molecule has 134 valence electrons. The van der Waals surface area contributed by atoms with E-state index in [0.717, 1.165) is 15.6 Å². The molecule has 0 N–H and O–H groups in total. The fourth-order valence-electron chi connectivity index (χ4n) is 2.46. The van der Waals surface area contributed by atoms with E-state index in [9.17, 15) is 4.79 Å². The van der Waals surface area contributed by atoms with Crippen molar-refractivity contribution < 1.29 is 14.4 Å². The van der Waals surface area contributed by atoms with E-state index in [-0.39, 0.29) is 11.5 Å². The van der Waals surface area contributed by atoms with Crippen LogP contribution < -0.4 is 0 Å². The largest absolute Gasteiger partial charge is 0.372 e. The van der Waals surface area contributed by atoms with Crippen LogP contribution in [-0.2, 0) is 19.8 Å². The number of nitrogens with zero attached hydrogens (tertiary/aromatic N) is 1. The fraction of sp³-hybridized carbons (Fsp3) is 0.526. The van der Waals surface area contributed by atoms with E-state index in [0.29, 0.717) is 13.0 Å². The number of hydrogen-bond donors (Lipinski definition) is 0. The first-order valence-corrected chi connectivity index (χ1v) is 9.10. The molecule has 1 aromatic carbocycles. The molecule has 1 unspecified atom stereocenters. The quantitative estimate of drug-likeness (QED) is 0.246. The number of carbonyl (C=O) groups is 1. The molecule has 1 atom stereocenters. The fourth-order valence-corrected chi connectivity index (χ4v) is 3.00. The van der Waals surface area contributed by atoms with Gasteiger partial charge in [-0.2, -0.15) is 0 Å². The number of hydroxylamine groups is 2. The Balaban J connectivity index is 2.94. The van der Waals surface area contributed by atoms with Gasteiger partial charge in [0.25, 0.3) is 5.91 Å². The van der Waals surface area contributed by atoms with Crippen molar-refractivity contribution in [3.63, 3.8) is 0 Å². The number of amides is 1. The van der Waals surface area contributed by atoms with Gasteiger partial charge in [-0.25, -0.2) is 5.06 Å². The molecule has 0 radical (unpaired) electrons. The molecule has 0 bridgehead atoms. The van der Waals surface area contributed by atoms with Gasteiger partial charge in [-0.05, 0) is 73.9 Å². The van der Waals surface area contributed by atoms with Crippen molar-refractivity contribution in [2.45, 2.75) is 44.6 Å². The first kappa shape index (κ1) is 21.1. The lowest BCUT2D eigenvalue weighted by atomic mass is 9.77. The molecule has 0 spiro atoms. The predicted molar refractivity (Wildman–Crippen MR) is 106 cm³/mol. The van der Waals surface area contributed by atoms with Crippen molar-refractivity contribution in [3.05, 3.63) is 46.1 Å². The van der Waals surface area contributed by atoms with E-state index in [4.69, 9.17) is 9.57 Å². The highest BCUT2D eigenvalue weighted by atomic mass is 127. The lowest BCUT2D eigenvalue weighted by Gasteiger charge is -2.32. The number of hydrogen-bond acceptors (Lipinski definition) is 3. The summed E-state index contributed by atoms with van der Waals surface area (Å²) in [4.78, 5) is 18.0. The summed E-state index contributed by atoms with van der Waals surface area (Å²) in [6.07, 6.45) is 3.23. The van der Waals surface area contributed by atoms with Crippen molar-refractivity contribution in [1.29, 1.82) is 0 Å². The van der Waals surface area contributed by atoms with Gasteiger partial charge < -0.3 is 4.74 Å². The molecule has 24 heavy (non-hydrogen) atoms. The van der Waals surface area contributed by atoms with Crippen LogP contribution in [0.15, 0.2) is 36.9 Å². The second-order valence-corrected chi connectivity index (χ2v) is 7.83. The van der Waals surface area contributed by atoms with E-state index in [1.165, 1.54) is 12.2 Å². The topological polar surface area (TPSA) is 38.8 Å². The number of likely N-dealkylation sites (N-methyl/N-ethyl adjacent to an activating group) is 1. The van der Waals surface area contributed by atoms with Crippen LogP contribution in [0.4, 0.5) is 0 Å². The smallest absolute Gasteiger partial charge is 0.256 e. The van der Waals surface area contributed by atoms with E-state index >= 15 is 0 Å². The third kappa shape index (κ3) is 5.57. The van der Waals surface area contributed by atoms with Crippen LogP contribution in [0.5, 0.6) is 0 Å². The van der Waals surface area contributed by atoms with Gasteiger partial charge in [0.2, 0.25) is 0 Å². The van der Waals surface area contributed by atoms with Crippen molar-refractivity contribution in [2.75, 3.05) is 20.8 Å². The standard InChI is InChI=1S/C19H28INO3/c1-7-18(2,3)24-13-9-12-19(4,17(22)21(5)23-6)15-10-8-11-16(20)14-15/h7-8,10-11,14H,1,9,12-13H2,2-6H3. The van der Waals surface area contributed by atoms with Gasteiger partial charge in [0, 0.05) is 17.2 Å². The van der Waals surface area contributed by atoms with E-state index < -0.39 is 5.41 Å². The maximum absolute atomic E-state index is 12.9. The molecule has 5 heteroatoms. The highest BCUT2D eigenvalue weighted by Gasteiger charge is 2.37. The average Bonchev–Trinajstić information content (AvgIpc) is 2.57. The van der Waals surface area contributed by atoms with Crippen molar-refractivity contribution in [2.24, 2.45) is 0 Å². The predicted octanol–water partition coefficient (Wildman–Crippen LogP) is 4.33. The first-order chi connectivity index (χ1) is 11.2. The number of carbonyl (C=O) groups excluding carboxylic acids is 1. The summed E-state index contributed by atoms with van der Waals surface area (Å²) >= 11 is 2.26. The van der Waals surface area contributed by atoms with Gasteiger partial charge in [-0.1, -0.05) is 18.2 Å². The molecule has 1 amide bonds. The number of benzene rings is 1. The third-order valence-corrected chi connectivity index (χ3v) is 4.95. The Morgan fingerprint density at radius 1 is 1.38 bits per heavy atom. The molecule has 1 aromatic rings. The van der Waals surface area contributed by atoms with Crippen LogP contribution in [0.1, 0.15) is 39.2 Å². The Bertz CT molecular complexity index is 573. The zero-order valence-corrected chi connectivity index (χ0v) is 17.4. The summed E-state index contributed by atoms with van der Waals surface area (Å²) < 4.78 is 6.93. The van der Waals surface area contributed by atoms with Crippen LogP contribution in [0.3, 0.4) is 0 Å². The molecular weight excluding hydrogens is 417 g/mol. The molecule has 0 heterocycles. The Labute approximate surface area is 159 Å². The van der Waals surface area contributed by atoms with E-state index in [2.05, 4.69) is 35.2 Å². The number of rotatable bonds is 9. The summed E-state index contributed by atoms with van der Waals surface area (Å²) in [5.74, 6) is -0.0602. The van der Waals surface area contributed by atoms with Gasteiger partial charge in [-0.3, -0.25) is 9.63 Å². The van der Waals surface area contributed by atoms with Gasteiger partial charge in [0.1, 0.15) is 0 Å². The second kappa shape index (κ2) is 8.97. The van der Waals surface area contributed by atoms with Gasteiger partial charge in [0.05, 0.1) is 18.1 Å². The zero-order valence-electron chi connectivity index (χ0n) is 15.3. The Morgan fingerprint density at radius 3 is 2.58 bits per heavy atom. The maximum atomic E-state index is 12.9. The van der Waals surface area contributed by atoms with Crippen LogP contribution in [0, 0.1) is 3.57 Å². The van der Waals surface area contributed by atoms with Gasteiger partial charge >= 0.3 is 0 Å². The van der Waals surface area contributed by atoms with Gasteiger partial charge in [-0.15, -0.1) is 6.58 Å². The summed E-state index contributed by atoms with van der Waals surface area (Å²) in [5.41, 5.74) is -0.0225. The van der Waals surface area contributed by atoms with Crippen LogP contribution >= 0.6 is 22.6 Å². The van der Waals surface area contributed by atoms with Crippen molar-refractivity contribution in [3.8, 4) is 0 Å². The minimum absolute atomic E-state index is 0.0602. The maximum Gasteiger partial charge on any atom is 0.256 e. The van der Waals surface area contributed by atoms with Crippen molar-refractivity contribution >= 4 is 28.5 Å². The third-order valence-electron chi connectivity index (χ3n) is 4.28. The number of ether oxygens (including phenoxy) is 1. The Hall–Kier alpha value is -0.920. The molecule has 0 aliphatic carbocycles. The van der Waals surface area contributed by atoms with Crippen LogP contribution in [0.25, 0.3) is 0 Å². The van der Waals surface area contributed by atoms with Gasteiger partial charge in [0.15, 0.2) is 0 Å². The van der Waals surface area contributed by atoms with Crippen molar-refractivity contribution in [1.82, 2.24) is 5.06 Å². The Kier molecular flexibility index (Phi) is 7.89. The lowest BCUT2D eigenvalue weighted by molar-refractivity contribution is -0.175. The summed E-state index contributed by atoms with van der Waals surface area (Å²) in [7, 11) is 3.15. The highest BCUT2D eigenvalue weighted by molar-refractivity contribution is 14.1.